The lowest BCUT2D eigenvalue weighted by Crippen LogP contribution is -2.37. The minimum absolute atomic E-state index is 0.0275. The second kappa shape index (κ2) is 3.81. The molecule has 0 bridgehead atoms. The van der Waals surface area contributed by atoms with Crippen LogP contribution in [-0.4, -0.2) is 16.7 Å². The average Bonchev–Trinajstić information content (AvgIpc) is 2.56. The van der Waals surface area contributed by atoms with Gasteiger partial charge in [0.05, 0.1) is 0 Å². The van der Waals surface area contributed by atoms with E-state index in [1.54, 1.807) is 0 Å². The normalized spacial score (nSPS) is 31.9. The summed E-state index contributed by atoms with van der Waals surface area (Å²) in [6.45, 7) is 7.78. The summed E-state index contributed by atoms with van der Waals surface area (Å²) >= 11 is 0. The zero-order valence-electron chi connectivity index (χ0n) is 11.5. The predicted molar refractivity (Wildman–Crippen MR) is 69.2 cm³/mol. The zero-order chi connectivity index (χ0) is 13.7. The SMILES string of the molecule is CC1=C(O)C(=O)C([C@@]2(C)CCCC2(C)C)=CC1=O. The van der Waals surface area contributed by atoms with Crippen LogP contribution in [0.3, 0.4) is 0 Å². The van der Waals surface area contributed by atoms with Crippen LogP contribution in [0.25, 0.3) is 0 Å². The maximum Gasteiger partial charge on any atom is 0.224 e. The molecule has 0 unspecified atom stereocenters. The van der Waals surface area contributed by atoms with Gasteiger partial charge in [-0.3, -0.25) is 9.59 Å². The molecular formula is C15H20O3. The van der Waals surface area contributed by atoms with E-state index in [1.807, 2.05) is 6.92 Å². The summed E-state index contributed by atoms with van der Waals surface area (Å²) in [7, 11) is 0. The van der Waals surface area contributed by atoms with Gasteiger partial charge in [0.1, 0.15) is 0 Å². The van der Waals surface area contributed by atoms with E-state index in [-0.39, 0.29) is 33.7 Å². The lowest BCUT2D eigenvalue weighted by Gasteiger charge is -2.40. The van der Waals surface area contributed by atoms with Gasteiger partial charge in [0.25, 0.3) is 0 Å². The average molecular weight is 248 g/mol. The molecule has 0 heterocycles. The molecule has 18 heavy (non-hydrogen) atoms. The van der Waals surface area contributed by atoms with Crippen molar-refractivity contribution in [3.8, 4) is 0 Å². The van der Waals surface area contributed by atoms with Crippen LogP contribution in [0.1, 0.15) is 47.0 Å². The van der Waals surface area contributed by atoms with Gasteiger partial charge in [0.2, 0.25) is 5.78 Å². The van der Waals surface area contributed by atoms with Crippen LogP contribution >= 0.6 is 0 Å². The van der Waals surface area contributed by atoms with Crippen molar-refractivity contribution in [3.05, 3.63) is 23.0 Å². The molecule has 2 aliphatic carbocycles. The van der Waals surface area contributed by atoms with Gasteiger partial charge in [-0.15, -0.1) is 0 Å². The van der Waals surface area contributed by atoms with Gasteiger partial charge in [0.15, 0.2) is 11.5 Å². The molecule has 2 rings (SSSR count). The van der Waals surface area contributed by atoms with E-state index in [1.165, 1.54) is 13.0 Å². The van der Waals surface area contributed by atoms with Crippen molar-refractivity contribution in [3.63, 3.8) is 0 Å². The highest BCUT2D eigenvalue weighted by Gasteiger charge is 2.50. The first-order valence-corrected chi connectivity index (χ1v) is 6.42. The molecule has 0 aromatic heterocycles. The molecule has 0 aromatic carbocycles. The summed E-state index contributed by atoms with van der Waals surface area (Å²) in [6.07, 6.45) is 4.40. The van der Waals surface area contributed by atoms with Crippen molar-refractivity contribution in [1.29, 1.82) is 0 Å². The second-order valence-electron chi connectivity index (χ2n) is 6.29. The number of carbonyl (C=O) groups is 2. The van der Waals surface area contributed by atoms with E-state index in [0.717, 1.165) is 19.3 Å². The third-order valence-corrected chi connectivity index (χ3v) is 5.03. The Morgan fingerprint density at radius 1 is 1.17 bits per heavy atom. The molecule has 1 N–H and O–H groups in total. The summed E-state index contributed by atoms with van der Waals surface area (Å²) in [6, 6.07) is 0. The quantitative estimate of drug-likeness (QED) is 0.725. The smallest absolute Gasteiger partial charge is 0.224 e. The number of Topliss-reactive ketones (excluding diaryl/α,β-unsaturated/α-hetero) is 1. The molecule has 2 aliphatic rings. The Balaban J connectivity index is 2.51. The van der Waals surface area contributed by atoms with Crippen molar-refractivity contribution in [2.45, 2.75) is 47.0 Å². The van der Waals surface area contributed by atoms with Crippen LogP contribution in [0.15, 0.2) is 23.0 Å². The minimum Gasteiger partial charge on any atom is -0.504 e. The first-order chi connectivity index (χ1) is 8.21. The predicted octanol–water partition coefficient (Wildman–Crippen LogP) is 3.11. The Bertz CT molecular complexity index is 494. The number of hydrogen-bond acceptors (Lipinski definition) is 3. The molecule has 3 heteroatoms. The van der Waals surface area contributed by atoms with Crippen molar-refractivity contribution < 1.29 is 14.7 Å². The maximum absolute atomic E-state index is 12.2. The lowest BCUT2D eigenvalue weighted by molar-refractivity contribution is -0.119. The van der Waals surface area contributed by atoms with Gasteiger partial charge in [-0.1, -0.05) is 27.2 Å². The molecule has 1 fully saturated rings. The van der Waals surface area contributed by atoms with Crippen molar-refractivity contribution in [2.24, 2.45) is 10.8 Å². The van der Waals surface area contributed by atoms with Gasteiger partial charge < -0.3 is 5.11 Å². The number of ketones is 2. The monoisotopic (exact) mass is 248 g/mol. The fourth-order valence-electron chi connectivity index (χ4n) is 3.13. The Labute approximate surface area is 108 Å². The fraction of sp³-hybridized carbons (Fsp3) is 0.600. The standard InChI is InChI=1S/C15H20O3/c1-9-11(16)8-10(13(18)12(9)17)15(4)7-5-6-14(15,2)3/h8,17H,5-7H2,1-4H3/t15-/m1/s1. The van der Waals surface area contributed by atoms with E-state index in [9.17, 15) is 14.7 Å². The lowest BCUT2D eigenvalue weighted by atomic mass is 9.62. The Morgan fingerprint density at radius 2 is 1.78 bits per heavy atom. The molecule has 1 saturated carbocycles. The molecule has 0 saturated heterocycles. The molecular weight excluding hydrogens is 228 g/mol. The summed E-state index contributed by atoms with van der Waals surface area (Å²) in [5.74, 6) is -0.989. The molecule has 0 aliphatic heterocycles. The summed E-state index contributed by atoms with van der Waals surface area (Å²) in [5, 5.41) is 9.80. The van der Waals surface area contributed by atoms with Gasteiger partial charge in [-0.05, 0) is 31.3 Å². The first kappa shape index (κ1) is 13.1. The van der Waals surface area contributed by atoms with E-state index < -0.39 is 0 Å². The van der Waals surface area contributed by atoms with Gasteiger partial charge >= 0.3 is 0 Å². The second-order valence-corrected chi connectivity index (χ2v) is 6.29. The topological polar surface area (TPSA) is 54.4 Å². The molecule has 0 aromatic rings. The van der Waals surface area contributed by atoms with E-state index in [4.69, 9.17) is 0 Å². The van der Waals surface area contributed by atoms with Crippen molar-refractivity contribution in [2.75, 3.05) is 0 Å². The molecule has 0 amide bonds. The number of allylic oxidation sites excluding steroid dienone is 3. The number of aliphatic hydroxyl groups excluding tert-OH is 1. The van der Waals surface area contributed by atoms with Gasteiger partial charge in [-0.2, -0.15) is 0 Å². The number of hydrogen-bond donors (Lipinski definition) is 1. The van der Waals surface area contributed by atoms with E-state index >= 15 is 0 Å². The maximum atomic E-state index is 12.2. The van der Waals surface area contributed by atoms with Gasteiger partial charge in [0, 0.05) is 16.6 Å². The summed E-state index contributed by atoms with van der Waals surface area (Å²) in [5.41, 5.74) is 0.288. The third kappa shape index (κ3) is 1.57. The highest BCUT2D eigenvalue weighted by molar-refractivity contribution is 6.22. The van der Waals surface area contributed by atoms with Crippen LogP contribution in [0.4, 0.5) is 0 Å². The molecule has 1 atom stereocenters. The number of aliphatic hydroxyl groups is 1. The van der Waals surface area contributed by atoms with Gasteiger partial charge in [-0.25, -0.2) is 0 Å². The Kier molecular flexibility index (Phi) is 2.76. The van der Waals surface area contributed by atoms with Crippen molar-refractivity contribution >= 4 is 11.6 Å². The van der Waals surface area contributed by atoms with Crippen molar-refractivity contribution in [1.82, 2.24) is 0 Å². The van der Waals surface area contributed by atoms with Crippen LogP contribution in [0, 0.1) is 10.8 Å². The Morgan fingerprint density at radius 3 is 2.28 bits per heavy atom. The highest BCUT2D eigenvalue weighted by atomic mass is 16.3. The minimum atomic E-state index is -0.374. The molecule has 3 nitrogen and oxygen atoms in total. The highest BCUT2D eigenvalue weighted by Crippen LogP contribution is 2.57. The first-order valence-electron chi connectivity index (χ1n) is 6.42. The van der Waals surface area contributed by atoms with Crippen LogP contribution < -0.4 is 0 Å². The summed E-state index contributed by atoms with van der Waals surface area (Å²) < 4.78 is 0. The van der Waals surface area contributed by atoms with Crippen LogP contribution in [0.5, 0.6) is 0 Å². The van der Waals surface area contributed by atoms with Crippen LogP contribution in [0.2, 0.25) is 0 Å². The Hall–Kier alpha value is -1.38. The molecule has 98 valence electrons. The molecule has 0 radical (unpaired) electrons. The van der Waals surface area contributed by atoms with E-state index in [2.05, 4.69) is 13.8 Å². The zero-order valence-corrected chi connectivity index (χ0v) is 11.5. The largest absolute Gasteiger partial charge is 0.504 e. The van der Waals surface area contributed by atoms with E-state index in [0.29, 0.717) is 5.57 Å². The van der Waals surface area contributed by atoms with Crippen LogP contribution in [-0.2, 0) is 9.59 Å². The number of carbonyl (C=O) groups excluding carboxylic acids is 2. The summed E-state index contributed by atoms with van der Waals surface area (Å²) in [4.78, 5) is 24.1. The fourth-order valence-corrected chi connectivity index (χ4v) is 3.13. The molecule has 0 spiro atoms. The third-order valence-electron chi connectivity index (χ3n) is 5.03. The number of rotatable bonds is 1.